The molecule has 0 aliphatic carbocycles. The van der Waals surface area contributed by atoms with Gasteiger partial charge in [0.1, 0.15) is 16.0 Å². The smallest absolute Gasteiger partial charge is 0.347 e. The maximum Gasteiger partial charge on any atom is 0.347 e. The Labute approximate surface area is 93.9 Å². The van der Waals surface area contributed by atoms with Crippen molar-refractivity contribution in [1.29, 1.82) is 0 Å². The first-order chi connectivity index (χ1) is 7.47. The summed E-state index contributed by atoms with van der Waals surface area (Å²) >= 11 is 0.677. The number of esters is 1. The SMILES string of the molecule is COC(=O)C(O)C(O)c1ncc(C(=O)O)s1. The van der Waals surface area contributed by atoms with E-state index in [9.17, 15) is 19.8 Å². The topological polar surface area (TPSA) is 117 Å². The van der Waals surface area contributed by atoms with Crippen molar-refractivity contribution in [2.75, 3.05) is 7.11 Å². The lowest BCUT2D eigenvalue weighted by atomic mass is 10.2. The fraction of sp³-hybridized carbons (Fsp3) is 0.375. The zero-order chi connectivity index (χ0) is 12.3. The minimum atomic E-state index is -1.78. The van der Waals surface area contributed by atoms with Crippen molar-refractivity contribution < 1.29 is 29.6 Å². The number of thiazole rings is 1. The van der Waals surface area contributed by atoms with Crippen molar-refractivity contribution in [3.63, 3.8) is 0 Å². The number of carbonyl (C=O) groups is 2. The van der Waals surface area contributed by atoms with Crippen LogP contribution in [0.15, 0.2) is 6.20 Å². The Kier molecular flexibility index (Phi) is 3.93. The van der Waals surface area contributed by atoms with Gasteiger partial charge in [-0.05, 0) is 0 Å². The summed E-state index contributed by atoms with van der Waals surface area (Å²) in [5, 5.41) is 27.3. The number of carbonyl (C=O) groups excluding carboxylic acids is 1. The summed E-state index contributed by atoms with van der Waals surface area (Å²) in [5.41, 5.74) is 0. The van der Waals surface area contributed by atoms with Crippen molar-refractivity contribution >= 4 is 23.3 Å². The van der Waals surface area contributed by atoms with Gasteiger partial charge < -0.3 is 20.1 Å². The van der Waals surface area contributed by atoms with E-state index in [1.807, 2.05) is 0 Å². The molecule has 0 aliphatic rings. The minimum Gasteiger partial charge on any atom is -0.477 e. The zero-order valence-electron chi connectivity index (χ0n) is 8.15. The quantitative estimate of drug-likeness (QED) is 0.608. The largest absolute Gasteiger partial charge is 0.477 e. The predicted molar refractivity (Wildman–Crippen MR) is 52.1 cm³/mol. The molecule has 0 saturated heterocycles. The number of carboxylic acids is 1. The van der Waals surface area contributed by atoms with Crippen molar-refractivity contribution in [2.45, 2.75) is 12.2 Å². The number of hydrogen-bond donors (Lipinski definition) is 3. The molecule has 3 N–H and O–H groups in total. The molecule has 7 nitrogen and oxygen atoms in total. The molecule has 0 amide bonds. The number of nitrogens with zero attached hydrogens (tertiary/aromatic N) is 1. The van der Waals surface area contributed by atoms with Crippen LogP contribution >= 0.6 is 11.3 Å². The summed E-state index contributed by atoms with van der Waals surface area (Å²) < 4.78 is 4.22. The number of aromatic carboxylic acids is 1. The highest BCUT2D eigenvalue weighted by atomic mass is 32.1. The van der Waals surface area contributed by atoms with Gasteiger partial charge in [0.15, 0.2) is 6.10 Å². The fourth-order valence-corrected chi connectivity index (χ4v) is 1.68. The van der Waals surface area contributed by atoms with Crippen LogP contribution in [0.5, 0.6) is 0 Å². The molecular formula is C8H9NO6S. The molecule has 0 bridgehead atoms. The van der Waals surface area contributed by atoms with Crippen LogP contribution in [0.1, 0.15) is 20.8 Å². The van der Waals surface area contributed by atoms with Crippen LogP contribution in [-0.2, 0) is 9.53 Å². The van der Waals surface area contributed by atoms with Crippen LogP contribution < -0.4 is 0 Å². The number of aromatic nitrogens is 1. The maximum atomic E-state index is 10.9. The Hall–Kier alpha value is -1.51. The third-order valence-electron chi connectivity index (χ3n) is 1.73. The summed E-state index contributed by atoms with van der Waals surface area (Å²) in [6, 6.07) is 0. The first-order valence-electron chi connectivity index (χ1n) is 4.10. The van der Waals surface area contributed by atoms with E-state index in [1.54, 1.807) is 0 Å². The van der Waals surface area contributed by atoms with Crippen molar-refractivity contribution in [1.82, 2.24) is 4.98 Å². The zero-order valence-corrected chi connectivity index (χ0v) is 8.97. The van der Waals surface area contributed by atoms with Gasteiger partial charge in [0.25, 0.3) is 0 Å². The van der Waals surface area contributed by atoms with Gasteiger partial charge in [-0.1, -0.05) is 0 Å². The highest BCUT2D eigenvalue weighted by Crippen LogP contribution is 2.23. The molecule has 0 fully saturated rings. The molecule has 0 saturated carbocycles. The highest BCUT2D eigenvalue weighted by molar-refractivity contribution is 7.13. The van der Waals surface area contributed by atoms with Gasteiger partial charge >= 0.3 is 11.9 Å². The summed E-state index contributed by atoms with van der Waals surface area (Å²) in [6.45, 7) is 0. The van der Waals surface area contributed by atoms with E-state index in [0.717, 1.165) is 13.3 Å². The Morgan fingerprint density at radius 2 is 2.12 bits per heavy atom. The summed E-state index contributed by atoms with van der Waals surface area (Å²) in [6.07, 6.45) is -2.33. The number of rotatable bonds is 4. The molecule has 8 heteroatoms. The van der Waals surface area contributed by atoms with Crippen LogP contribution in [0.4, 0.5) is 0 Å². The molecular weight excluding hydrogens is 238 g/mol. The number of hydrogen-bond acceptors (Lipinski definition) is 7. The lowest BCUT2D eigenvalue weighted by Crippen LogP contribution is -2.28. The third-order valence-corrected chi connectivity index (χ3v) is 2.79. The average Bonchev–Trinajstić information content (AvgIpc) is 2.75. The van der Waals surface area contributed by atoms with Gasteiger partial charge in [0.05, 0.1) is 13.3 Å². The fourth-order valence-electron chi connectivity index (χ4n) is 0.908. The normalized spacial score (nSPS) is 14.2. The summed E-state index contributed by atoms with van der Waals surface area (Å²) in [5.74, 6) is -2.21. The maximum absolute atomic E-state index is 10.9. The molecule has 1 aromatic heterocycles. The molecule has 2 unspecified atom stereocenters. The van der Waals surface area contributed by atoms with Gasteiger partial charge in [-0.3, -0.25) is 0 Å². The number of aliphatic hydroxyl groups excluding tert-OH is 2. The second-order valence-electron chi connectivity index (χ2n) is 2.78. The van der Waals surface area contributed by atoms with Gasteiger partial charge in [-0.25, -0.2) is 14.6 Å². The van der Waals surface area contributed by atoms with Gasteiger partial charge in [0, 0.05) is 0 Å². The lowest BCUT2D eigenvalue weighted by molar-refractivity contribution is -0.156. The molecule has 0 radical (unpaired) electrons. The standard InChI is InChI=1S/C8H9NO6S/c1-15-8(14)5(11)4(10)6-9-2-3(16-6)7(12)13/h2,4-5,10-11H,1H3,(H,12,13). The second-order valence-corrected chi connectivity index (χ2v) is 3.84. The van der Waals surface area contributed by atoms with E-state index >= 15 is 0 Å². The third kappa shape index (κ3) is 2.54. The van der Waals surface area contributed by atoms with E-state index in [2.05, 4.69) is 9.72 Å². The number of aliphatic hydroxyl groups is 2. The molecule has 0 aliphatic heterocycles. The molecule has 88 valence electrons. The van der Waals surface area contributed by atoms with Gasteiger partial charge in [-0.2, -0.15) is 0 Å². The lowest BCUT2D eigenvalue weighted by Gasteiger charge is -2.12. The molecule has 1 heterocycles. The van der Waals surface area contributed by atoms with Crippen LogP contribution in [0.3, 0.4) is 0 Å². The number of methoxy groups -OCH3 is 1. The van der Waals surface area contributed by atoms with Crippen LogP contribution in [-0.4, -0.2) is 45.5 Å². The second kappa shape index (κ2) is 5.01. The first-order valence-corrected chi connectivity index (χ1v) is 4.92. The Balaban J connectivity index is 2.83. The highest BCUT2D eigenvalue weighted by Gasteiger charge is 2.29. The molecule has 1 aromatic rings. The average molecular weight is 247 g/mol. The number of ether oxygens (including phenoxy) is 1. The van der Waals surface area contributed by atoms with Crippen molar-refractivity contribution in [3.05, 3.63) is 16.1 Å². The number of carboxylic acid groups (broad SMARTS) is 1. The Bertz CT molecular complexity index is 403. The Morgan fingerprint density at radius 3 is 2.56 bits per heavy atom. The first kappa shape index (κ1) is 12.6. The van der Waals surface area contributed by atoms with Crippen LogP contribution in [0.25, 0.3) is 0 Å². The molecule has 16 heavy (non-hydrogen) atoms. The summed E-state index contributed by atoms with van der Waals surface area (Å²) in [4.78, 5) is 24.9. The van der Waals surface area contributed by atoms with Crippen molar-refractivity contribution in [2.24, 2.45) is 0 Å². The van der Waals surface area contributed by atoms with E-state index in [0.29, 0.717) is 11.3 Å². The van der Waals surface area contributed by atoms with E-state index in [1.165, 1.54) is 0 Å². The minimum absolute atomic E-state index is 0.0599. The van der Waals surface area contributed by atoms with Crippen LogP contribution in [0.2, 0.25) is 0 Å². The summed E-state index contributed by atoms with van der Waals surface area (Å²) in [7, 11) is 1.06. The monoisotopic (exact) mass is 247 g/mol. The molecule has 1 rings (SSSR count). The molecule has 0 aromatic carbocycles. The van der Waals surface area contributed by atoms with Gasteiger partial charge in [-0.15, -0.1) is 11.3 Å². The molecule has 2 atom stereocenters. The Morgan fingerprint density at radius 1 is 1.50 bits per heavy atom. The van der Waals surface area contributed by atoms with E-state index in [4.69, 9.17) is 5.11 Å². The van der Waals surface area contributed by atoms with Crippen molar-refractivity contribution in [3.8, 4) is 0 Å². The molecule has 0 spiro atoms. The van der Waals surface area contributed by atoms with E-state index < -0.39 is 24.1 Å². The van der Waals surface area contributed by atoms with Gasteiger partial charge in [0.2, 0.25) is 0 Å². The van der Waals surface area contributed by atoms with E-state index in [-0.39, 0.29) is 9.88 Å². The van der Waals surface area contributed by atoms with Crippen LogP contribution in [0, 0.1) is 0 Å². The predicted octanol–water partition coefficient (Wildman–Crippen LogP) is -0.591.